The van der Waals surface area contributed by atoms with E-state index >= 15 is 0 Å². The Bertz CT molecular complexity index is 129. The molecule has 5 atom stereocenters. The number of hydrogen-bond donors (Lipinski definition) is 3. The van der Waals surface area contributed by atoms with E-state index in [0.29, 0.717) is 0 Å². The van der Waals surface area contributed by atoms with E-state index in [2.05, 4.69) is 4.74 Å². The van der Waals surface area contributed by atoms with Crippen LogP contribution in [0.2, 0.25) is 0 Å². The Morgan fingerprint density at radius 2 is 1.64 bits per heavy atom. The lowest BCUT2D eigenvalue weighted by Crippen LogP contribution is -2.55. The van der Waals surface area contributed by atoms with Gasteiger partial charge in [-0.3, -0.25) is 0 Å². The van der Waals surface area contributed by atoms with E-state index in [1.54, 1.807) is 0 Å². The van der Waals surface area contributed by atoms with Crippen molar-refractivity contribution >= 4 is 0 Å². The smallest absolute Gasteiger partial charge is 0.228 e. The second-order valence-electron chi connectivity index (χ2n) is 2.66. The minimum Gasteiger partial charge on any atom is -0.388 e. The average molecular weight is 166 g/mol. The molecule has 1 aliphatic rings. The Morgan fingerprint density at radius 1 is 1.09 bits per heavy atom. The minimum atomic E-state index is -1.91. The van der Waals surface area contributed by atoms with Crippen molar-refractivity contribution in [2.45, 2.75) is 37.7 Å². The molecule has 1 saturated heterocycles. The Labute approximate surface area is 63.2 Å². The van der Waals surface area contributed by atoms with Crippen LogP contribution in [0.5, 0.6) is 0 Å². The van der Waals surface area contributed by atoms with Crippen LogP contribution in [0, 0.1) is 0 Å². The van der Waals surface area contributed by atoms with E-state index in [-0.39, 0.29) is 0 Å². The Morgan fingerprint density at radius 3 is 2.18 bits per heavy atom. The highest BCUT2D eigenvalue weighted by atomic mass is 19.1. The first-order valence-electron chi connectivity index (χ1n) is 3.37. The Balaban J connectivity index is 2.63. The normalized spacial score (nSPS) is 52.6. The van der Waals surface area contributed by atoms with Crippen LogP contribution in [0.3, 0.4) is 0 Å². The van der Waals surface area contributed by atoms with Gasteiger partial charge >= 0.3 is 0 Å². The summed E-state index contributed by atoms with van der Waals surface area (Å²) in [7, 11) is 0. The van der Waals surface area contributed by atoms with Gasteiger partial charge in [-0.25, -0.2) is 4.39 Å². The van der Waals surface area contributed by atoms with E-state index in [9.17, 15) is 4.39 Å². The van der Waals surface area contributed by atoms with Crippen LogP contribution in [0.25, 0.3) is 0 Å². The molecule has 0 aromatic carbocycles. The fraction of sp³-hybridized carbons (Fsp3) is 1.00. The van der Waals surface area contributed by atoms with Crippen molar-refractivity contribution in [3.05, 3.63) is 0 Å². The quantitative estimate of drug-likeness (QED) is 0.422. The highest BCUT2D eigenvalue weighted by molar-refractivity contribution is 4.86. The van der Waals surface area contributed by atoms with Crippen molar-refractivity contribution < 1.29 is 24.4 Å². The van der Waals surface area contributed by atoms with Gasteiger partial charge in [-0.1, -0.05) is 0 Å². The van der Waals surface area contributed by atoms with Crippen molar-refractivity contribution in [2.24, 2.45) is 0 Å². The topological polar surface area (TPSA) is 69.9 Å². The van der Waals surface area contributed by atoms with E-state index < -0.39 is 30.8 Å². The summed E-state index contributed by atoms with van der Waals surface area (Å²) in [6.07, 6.45) is -7.04. The predicted molar refractivity (Wildman–Crippen MR) is 33.5 cm³/mol. The molecule has 0 aliphatic carbocycles. The standard InChI is InChI=1S/C6H11FO4/c1-2-3(8)4(9)5(10)6(7)11-2/h2-6,8-10H,1H3/t2-,3-,4+,5-,6?/m1/s1. The fourth-order valence-corrected chi connectivity index (χ4v) is 1.00. The summed E-state index contributed by atoms with van der Waals surface area (Å²) < 4.78 is 17.0. The first-order valence-corrected chi connectivity index (χ1v) is 3.37. The largest absolute Gasteiger partial charge is 0.388 e. The maximum absolute atomic E-state index is 12.5. The molecule has 0 aromatic heterocycles. The molecule has 1 fully saturated rings. The number of aliphatic hydroxyl groups excluding tert-OH is 3. The highest BCUT2D eigenvalue weighted by Gasteiger charge is 2.41. The number of rotatable bonds is 0. The van der Waals surface area contributed by atoms with Crippen molar-refractivity contribution in [3.8, 4) is 0 Å². The first kappa shape index (κ1) is 8.86. The monoisotopic (exact) mass is 166 g/mol. The van der Waals surface area contributed by atoms with E-state index in [0.717, 1.165) is 0 Å². The highest BCUT2D eigenvalue weighted by Crippen LogP contribution is 2.21. The molecule has 66 valence electrons. The molecule has 0 radical (unpaired) electrons. The third kappa shape index (κ3) is 1.51. The van der Waals surface area contributed by atoms with Gasteiger partial charge in [0.25, 0.3) is 0 Å². The third-order valence-corrected chi connectivity index (χ3v) is 1.79. The Kier molecular flexibility index (Phi) is 2.43. The molecule has 4 nitrogen and oxygen atoms in total. The van der Waals surface area contributed by atoms with E-state index in [1.807, 2.05) is 0 Å². The summed E-state index contributed by atoms with van der Waals surface area (Å²) in [5, 5.41) is 26.8. The van der Waals surface area contributed by atoms with Crippen LogP contribution in [-0.4, -0.2) is 46.1 Å². The summed E-state index contributed by atoms with van der Waals surface area (Å²) in [4.78, 5) is 0. The van der Waals surface area contributed by atoms with Crippen molar-refractivity contribution in [3.63, 3.8) is 0 Å². The van der Waals surface area contributed by atoms with Crippen LogP contribution >= 0.6 is 0 Å². The third-order valence-electron chi connectivity index (χ3n) is 1.79. The second kappa shape index (κ2) is 3.02. The number of aliphatic hydroxyl groups is 3. The number of alkyl halides is 1. The lowest BCUT2D eigenvalue weighted by Gasteiger charge is -2.35. The van der Waals surface area contributed by atoms with Gasteiger partial charge in [-0.2, -0.15) is 0 Å². The van der Waals surface area contributed by atoms with Crippen molar-refractivity contribution in [2.75, 3.05) is 0 Å². The molecule has 1 unspecified atom stereocenters. The van der Waals surface area contributed by atoms with Gasteiger partial charge in [0, 0.05) is 0 Å². The fourth-order valence-electron chi connectivity index (χ4n) is 1.00. The lowest BCUT2D eigenvalue weighted by molar-refractivity contribution is -0.252. The van der Waals surface area contributed by atoms with Crippen molar-refractivity contribution in [1.82, 2.24) is 0 Å². The van der Waals surface area contributed by atoms with Crippen LogP contribution in [0.15, 0.2) is 0 Å². The molecular formula is C6H11FO4. The number of ether oxygens (including phenoxy) is 1. The molecule has 0 amide bonds. The SMILES string of the molecule is C[C@H]1OC(F)[C@H](O)[C@@H](O)[C@@H]1O. The molecule has 0 spiro atoms. The number of halogens is 1. The van der Waals surface area contributed by atoms with Crippen LogP contribution in [0.4, 0.5) is 4.39 Å². The maximum Gasteiger partial charge on any atom is 0.228 e. The van der Waals surface area contributed by atoms with Gasteiger partial charge in [-0.05, 0) is 6.92 Å². The molecule has 1 rings (SSSR count). The van der Waals surface area contributed by atoms with Gasteiger partial charge < -0.3 is 20.1 Å². The van der Waals surface area contributed by atoms with Gasteiger partial charge in [0.15, 0.2) is 0 Å². The Hall–Kier alpha value is -0.230. The predicted octanol–water partition coefficient (Wildman–Crippen LogP) is -1.22. The van der Waals surface area contributed by atoms with E-state index in [4.69, 9.17) is 15.3 Å². The minimum absolute atomic E-state index is 0.789. The van der Waals surface area contributed by atoms with Gasteiger partial charge in [0.05, 0.1) is 6.10 Å². The molecule has 11 heavy (non-hydrogen) atoms. The lowest BCUT2D eigenvalue weighted by atomic mass is 10.0. The average Bonchev–Trinajstić information content (AvgIpc) is 1.97. The summed E-state index contributed by atoms with van der Waals surface area (Å²) in [5.41, 5.74) is 0. The van der Waals surface area contributed by atoms with Gasteiger partial charge in [-0.15, -0.1) is 0 Å². The summed E-state index contributed by atoms with van der Waals surface area (Å²) in [5.74, 6) is 0. The zero-order chi connectivity index (χ0) is 8.59. The molecule has 5 heteroatoms. The second-order valence-corrected chi connectivity index (χ2v) is 2.66. The molecule has 0 bridgehead atoms. The van der Waals surface area contributed by atoms with Crippen LogP contribution < -0.4 is 0 Å². The van der Waals surface area contributed by atoms with Crippen LogP contribution in [0.1, 0.15) is 6.92 Å². The molecule has 0 aromatic rings. The molecule has 0 saturated carbocycles. The molecule has 1 aliphatic heterocycles. The first-order chi connectivity index (χ1) is 5.04. The number of hydrogen-bond acceptors (Lipinski definition) is 4. The van der Waals surface area contributed by atoms with Gasteiger partial charge in [0.1, 0.15) is 18.3 Å². The van der Waals surface area contributed by atoms with E-state index in [1.165, 1.54) is 6.92 Å². The summed E-state index contributed by atoms with van der Waals surface area (Å²) in [6.45, 7) is 1.42. The molecular weight excluding hydrogens is 155 g/mol. The summed E-state index contributed by atoms with van der Waals surface area (Å²) >= 11 is 0. The summed E-state index contributed by atoms with van der Waals surface area (Å²) in [6, 6.07) is 0. The zero-order valence-electron chi connectivity index (χ0n) is 6.01. The van der Waals surface area contributed by atoms with Gasteiger partial charge in [0.2, 0.25) is 6.36 Å². The zero-order valence-corrected chi connectivity index (χ0v) is 6.01. The maximum atomic E-state index is 12.5. The van der Waals surface area contributed by atoms with Crippen molar-refractivity contribution in [1.29, 1.82) is 0 Å². The molecule has 1 heterocycles. The molecule has 3 N–H and O–H groups in total. The van der Waals surface area contributed by atoms with Crippen LogP contribution in [-0.2, 0) is 4.74 Å².